The standard InChI is InChI=1S/C15H20ClNOS/c1-19-13-9-7-12(8-10-13)17-15(18)14(16)11-5-3-2-4-6-11/h2-6,12-14H,7-10H2,1H3,(H,17,18). The van der Waals surface area contributed by atoms with E-state index in [1.165, 1.54) is 12.8 Å². The number of hydrogen-bond acceptors (Lipinski definition) is 2. The van der Waals surface area contributed by atoms with Gasteiger partial charge in [0.05, 0.1) is 0 Å². The molecule has 1 aliphatic rings. The van der Waals surface area contributed by atoms with Gasteiger partial charge in [-0.1, -0.05) is 30.3 Å². The maximum absolute atomic E-state index is 12.1. The normalized spacial score (nSPS) is 24.7. The molecular formula is C15H20ClNOS. The fourth-order valence-electron chi connectivity index (χ4n) is 2.49. The largest absolute Gasteiger partial charge is 0.352 e. The van der Waals surface area contributed by atoms with Crippen LogP contribution >= 0.6 is 23.4 Å². The van der Waals surface area contributed by atoms with Gasteiger partial charge >= 0.3 is 0 Å². The number of carbonyl (C=O) groups excluding carboxylic acids is 1. The lowest BCUT2D eigenvalue weighted by molar-refractivity contribution is -0.121. The topological polar surface area (TPSA) is 29.1 Å². The number of benzene rings is 1. The summed E-state index contributed by atoms with van der Waals surface area (Å²) in [6.07, 6.45) is 6.66. The summed E-state index contributed by atoms with van der Waals surface area (Å²) < 4.78 is 0. The van der Waals surface area contributed by atoms with Crippen molar-refractivity contribution in [2.24, 2.45) is 0 Å². The summed E-state index contributed by atoms with van der Waals surface area (Å²) in [5.74, 6) is -0.0690. The third-order valence-electron chi connectivity index (χ3n) is 3.68. The van der Waals surface area contributed by atoms with Crippen molar-refractivity contribution in [3.05, 3.63) is 35.9 Å². The molecular weight excluding hydrogens is 278 g/mol. The predicted octanol–water partition coefficient (Wildman–Crippen LogP) is 3.76. The molecule has 0 saturated heterocycles. The molecule has 0 bridgehead atoms. The molecule has 2 rings (SSSR count). The number of thioether (sulfide) groups is 1. The molecule has 1 N–H and O–H groups in total. The average molecular weight is 298 g/mol. The minimum Gasteiger partial charge on any atom is -0.352 e. The van der Waals surface area contributed by atoms with Crippen molar-refractivity contribution in [2.45, 2.75) is 42.4 Å². The Hall–Kier alpha value is -0.670. The number of hydrogen-bond donors (Lipinski definition) is 1. The van der Waals surface area contributed by atoms with Crippen LogP contribution in [0.15, 0.2) is 30.3 Å². The SMILES string of the molecule is CSC1CCC(NC(=O)C(Cl)c2ccccc2)CC1. The average Bonchev–Trinajstić information content (AvgIpc) is 2.48. The van der Waals surface area contributed by atoms with Crippen molar-refractivity contribution in [3.63, 3.8) is 0 Å². The fraction of sp³-hybridized carbons (Fsp3) is 0.533. The van der Waals surface area contributed by atoms with Gasteiger partial charge in [-0.2, -0.15) is 11.8 Å². The number of rotatable bonds is 4. The third-order valence-corrected chi connectivity index (χ3v) is 5.26. The number of nitrogens with one attached hydrogen (secondary N) is 1. The zero-order chi connectivity index (χ0) is 13.7. The lowest BCUT2D eigenvalue weighted by atomic mass is 9.94. The molecule has 0 aromatic heterocycles. The lowest BCUT2D eigenvalue weighted by Crippen LogP contribution is -2.39. The summed E-state index contributed by atoms with van der Waals surface area (Å²) in [4.78, 5) is 12.1. The third kappa shape index (κ3) is 4.15. The lowest BCUT2D eigenvalue weighted by Gasteiger charge is -2.28. The molecule has 1 amide bonds. The highest BCUT2D eigenvalue weighted by Crippen LogP contribution is 2.28. The van der Waals surface area contributed by atoms with Crippen LogP contribution in [-0.4, -0.2) is 23.5 Å². The molecule has 4 heteroatoms. The Kier molecular flexibility index (Phi) is 5.59. The molecule has 0 heterocycles. The van der Waals surface area contributed by atoms with Crippen LogP contribution in [0.1, 0.15) is 36.6 Å². The number of carbonyl (C=O) groups is 1. The molecule has 104 valence electrons. The zero-order valence-electron chi connectivity index (χ0n) is 11.1. The smallest absolute Gasteiger partial charge is 0.242 e. The van der Waals surface area contributed by atoms with Gasteiger partial charge in [0.2, 0.25) is 5.91 Å². The molecule has 1 aromatic rings. The summed E-state index contributed by atoms with van der Waals surface area (Å²) in [7, 11) is 0. The van der Waals surface area contributed by atoms with Crippen LogP contribution in [0, 0.1) is 0 Å². The van der Waals surface area contributed by atoms with Crippen LogP contribution in [0.25, 0.3) is 0 Å². The van der Waals surface area contributed by atoms with Gasteiger partial charge < -0.3 is 5.32 Å². The van der Waals surface area contributed by atoms with Gasteiger partial charge in [0.1, 0.15) is 5.38 Å². The second-order valence-corrected chi connectivity index (χ2v) is 6.57. The van der Waals surface area contributed by atoms with Crippen LogP contribution in [0.4, 0.5) is 0 Å². The van der Waals surface area contributed by atoms with Crippen LogP contribution in [0.2, 0.25) is 0 Å². The highest BCUT2D eigenvalue weighted by Gasteiger charge is 2.24. The van der Waals surface area contributed by atoms with Gasteiger partial charge in [-0.05, 0) is 37.5 Å². The second-order valence-electron chi connectivity index (χ2n) is 4.99. The van der Waals surface area contributed by atoms with Crippen molar-refractivity contribution in [1.29, 1.82) is 0 Å². The molecule has 1 aliphatic carbocycles. The summed E-state index contributed by atoms with van der Waals surface area (Å²) >= 11 is 8.15. The quantitative estimate of drug-likeness (QED) is 0.858. The van der Waals surface area contributed by atoms with Gasteiger partial charge in [0.15, 0.2) is 0 Å². The first-order valence-corrected chi connectivity index (χ1v) is 8.45. The summed E-state index contributed by atoms with van der Waals surface area (Å²) in [5.41, 5.74) is 0.861. The van der Waals surface area contributed by atoms with Crippen LogP contribution in [-0.2, 0) is 4.79 Å². The Morgan fingerprint density at radius 2 is 1.89 bits per heavy atom. The molecule has 0 aliphatic heterocycles. The Morgan fingerprint density at radius 3 is 2.47 bits per heavy atom. The van der Waals surface area contributed by atoms with E-state index >= 15 is 0 Å². The maximum atomic E-state index is 12.1. The number of halogens is 1. The van der Waals surface area contributed by atoms with Gasteiger partial charge in [0, 0.05) is 11.3 Å². The Balaban J connectivity index is 1.85. The first-order valence-electron chi connectivity index (χ1n) is 6.73. The molecule has 1 saturated carbocycles. The number of alkyl halides is 1. The minimum absolute atomic E-state index is 0.0690. The monoisotopic (exact) mass is 297 g/mol. The molecule has 1 fully saturated rings. The molecule has 19 heavy (non-hydrogen) atoms. The summed E-state index contributed by atoms with van der Waals surface area (Å²) in [6.45, 7) is 0. The molecule has 1 atom stereocenters. The van der Waals surface area contributed by atoms with E-state index in [4.69, 9.17) is 11.6 Å². The Morgan fingerprint density at radius 1 is 1.26 bits per heavy atom. The van der Waals surface area contributed by atoms with Gasteiger partial charge in [-0.15, -0.1) is 11.6 Å². The van der Waals surface area contributed by atoms with E-state index in [9.17, 15) is 4.79 Å². The van der Waals surface area contributed by atoms with Crippen molar-refractivity contribution < 1.29 is 4.79 Å². The van der Waals surface area contributed by atoms with E-state index < -0.39 is 5.38 Å². The highest BCUT2D eigenvalue weighted by molar-refractivity contribution is 7.99. The van der Waals surface area contributed by atoms with Crippen molar-refractivity contribution in [2.75, 3.05) is 6.26 Å². The molecule has 0 radical (unpaired) electrons. The minimum atomic E-state index is -0.584. The summed E-state index contributed by atoms with van der Waals surface area (Å²) in [6, 6.07) is 9.81. The van der Waals surface area contributed by atoms with Gasteiger partial charge in [-0.3, -0.25) is 4.79 Å². The van der Waals surface area contributed by atoms with Crippen molar-refractivity contribution in [1.82, 2.24) is 5.32 Å². The maximum Gasteiger partial charge on any atom is 0.242 e. The van der Waals surface area contributed by atoms with E-state index in [0.717, 1.165) is 23.7 Å². The summed E-state index contributed by atoms with van der Waals surface area (Å²) in [5, 5.41) is 3.26. The molecule has 1 aromatic carbocycles. The van der Waals surface area contributed by atoms with E-state index in [1.54, 1.807) is 0 Å². The first kappa shape index (κ1) is 14.7. The second kappa shape index (κ2) is 7.20. The van der Waals surface area contributed by atoms with E-state index in [0.29, 0.717) is 6.04 Å². The zero-order valence-corrected chi connectivity index (χ0v) is 12.7. The van der Waals surface area contributed by atoms with E-state index in [2.05, 4.69) is 11.6 Å². The Bertz CT molecular complexity index is 404. The van der Waals surface area contributed by atoms with Gasteiger partial charge in [0.25, 0.3) is 0 Å². The number of amides is 1. The van der Waals surface area contributed by atoms with Crippen LogP contribution < -0.4 is 5.32 Å². The highest BCUT2D eigenvalue weighted by atomic mass is 35.5. The van der Waals surface area contributed by atoms with E-state index in [-0.39, 0.29) is 5.91 Å². The molecule has 1 unspecified atom stereocenters. The van der Waals surface area contributed by atoms with Crippen molar-refractivity contribution in [3.8, 4) is 0 Å². The predicted molar refractivity (Wildman–Crippen MR) is 82.7 cm³/mol. The first-order chi connectivity index (χ1) is 9.20. The fourth-order valence-corrected chi connectivity index (χ4v) is 3.44. The van der Waals surface area contributed by atoms with Gasteiger partial charge in [-0.25, -0.2) is 0 Å². The van der Waals surface area contributed by atoms with Crippen LogP contribution in [0.3, 0.4) is 0 Å². The van der Waals surface area contributed by atoms with E-state index in [1.807, 2.05) is 42.1 Å². The Labute approximate surface area is 124 Å². The molecule has 0 spiro atoms. The molecule has 2 nitrogen and oxygen atoms in total. The van der Waals surface area contributed by atoms with Crippen LogP contribution in [0.5, 0.6) is 0 Å². The van der Waals surface area contributed by atoms with Crippen molar-refractivity contribution >= 4 is 29.3 Å².